The van der Waals surface area contributed by atoms with Crippen LogP contribution in [0.3, 0.4) is 0 Å². The Balaban J connectivity index is 1.43. The van der Waals surface area contributed by atoms with Gasteiger partial charge in [0.1, 0.15) is 0 Å². The summed E-state index contributed by atoms with van der Waals surface area (Å²) in [4.78, 5) is 12.2. The normalized spacial score (nSPS) is 36.4. The summed E-state index contributed by atoms with van der Waals surface area (Å²) >= 11 is 0. The van der Waals surface area contributed by atoms with Crippen LogP contribution in [0.4, 0.5) is 0 Å². The third kappa shape index (κ3) is 3.13. The standard InChI is InChI=1S/C16H28N2O/c1-11(13-4-6-17-7-5-13)18-16(19)10-15-9-12-2-3-14(15)8-12/h11-15,17H,2-10H2,1H3,(H,18,19). The average molecular weight is 264 g/mol. The highest BCUT2D eigenvalue weighted by Crippen LogP contribution is 2.49. The monoisotopic (exact) mass is 264 g/mol. The van der Waals surface area contributed by atoms with E-state index >= 15 is 0 Å². The maximum atomic E-state index is 12.2. The van der Waals surface area contributed by atoms with Crippen molar-refractivity contribution in [3.05, 3.63) is 0 Å². The maximum absolute atomic E-state index is 12.2. The zero-order valence-electron chi connectivity index (χ0n) is 12.2. The molecule has 0 aromatic carbocycles. The van der Waals surface area contributed by atoms with Crippen molar-refractivity contribution < 1.29 is 4.79 Å². The molecule has 0 aromatic rings. The van der Waals surface area contributed by atoms with Crippen LogP contribution in [0.2, 0.25) is 0 Å². The Hall–Kier alpha value is -0.570. The lowest BCUT2D eigenvalue weighted by Crippen LogP contribution is -2.43. The second-order valence-electron chi connectivity index (χ2n) is 7.08. The molecule has 3 heteroatoms. The minimum Gasteiger partial charge on any atom is -0.353 e. The molecule has 0 radical (unpaired) electrons. The molecule has 1 aliphatic heterocycles. The fourth-order valence-electron chi connectivity index (χ4n) is 4.64. The van der Waals surface area contributed by atoms with Gasteiger partial charge in [-0.25, -0.2) is 0 Å². The topological polar surface area (TPSA) is 41.1 Å². The van der Waals surface area contributed by atoms with Gasteiger partial charge in [-0.3, -0.25) is 4.79 Å². The molecule has 3 rings (SSSR count). The van der Waals surface area contributed by atoms with E-state index in [1.165, 1.54) is 38.5 Å². The second kappa shape index (κ2) is 5.82. The van der Waals surface area contributed by atoms with E-state index in [0.717, 1.165) is 31.3 Å². The van der Waals surface area contributed by atoms with Gasteiger partial charge in [-0.2, -0.15) is 0 Å². The lowest BCUT2D eigenvalue weighted by Gasteiger charge is -2.29. The van der Waals surface area contributed by atoms with Gasteiger partial charge in [0.05, 0.1) is 0 Å². The molecule has 2 saturated carbocycles. The van der Waals surface area contributed by atoms with Gasteiger partial charge < -0.3 is 10.6 Å². The molecule has 4 atom stereocenters. The highest BCUT2D eigenvalue weighted by molar-refractivity contribution is 5.76. The van der Waals surface area contributed by atoms with Crippen molar-refractivity contribution in [1.29, 1.82) is 0 Å². The van der Waals surface area contributed by atoms with Crippen molar-refractivity contribution in [3.63, 3.8) is 0 Å². The number of piperidine rings is 1. The van der Waals surface area contributed by atoms with Gasteiger partial charge in [-0.15, -0.1) is 0 Å². The summed E-state index contributed by atoms with van der Waals surface area (Å²) in [5, 5.41) is 6.66. The minimum atomic E-state index is 0.309. The van der Waals surface area contributed by atoms with Crippen LogP contribution < -0.4 is 10.6 Å². The van der Waals surface area contributed by atoms with Crippen LogP contribution in [0.15, 0.2) is 0 Å². The zero-order chi connectivity index (χ0) is 13.2. The number of amides is 1. The Bertz CT molecular complexity index is 325. The summed E-state index contributed by atoms with van der Waals surface area (Å²) in [6.07, 6.45) is 8.73. The van der Waals surface area contributed by atoms with Crippen LogP contribution in [0.25, 0.3) is 0 Å². The number of carbonyl (C=O) groups excluding carboxylic acids is 1. The summed E-state index contributed by atoms with van der Waals surface area (Å²) in [6, 6.07) is 0.355. The van der Waals surface area contributed by atoms with E-state index in [9.17, 15) is 4.79 Å². The fourth-order valence-corrected chi connectivity index (χ4v) is 4.64. The molecule has 0 aromatic heterocycles. The maximum Gasteiger partial charge on any atom is 0.220 e. The number of rotatable bonds is 4. The molecule has 2 bridgehead atoms. The summed E-state index contributed by atoms with van der Waals surface area (Å²) in [6.45, 7) is 4.41. The first-order chi connectivity index (χ1) is 9.22. The number of hydrogen-bond donors (Lipinski definition) is 2. The van der Waals surface area contributed by atoms with Crippen molar-refractivity contribution in [2.75, 3.05) is 13.1 Å². The molecule has 1 amide bonds. The van der Waals surface area contributed by atoms with Crippen LogP contribution in [0.1, 0.15) is 51.9 Å². The SMILES string of the molecule is CC(NC(=O)CC1CC2CCC1C2)C1CCNCC1. The Morgan fingerprint density at radius 3 is 2.63 bits per heavy atom. The van der Waals surface area contributed by atoms with E-state index in [1.54, 1.807) is 0 Å². The lowest BCUT2D eigenvalue weighted by atomic mass is 9.86. The van der Waals surface area contributed by atoms with E-state index in [1.807, 2.05) is 0 Å². The first-order valence-corrected chi connectivity index (χ1v) is 8.22. The van der Waals surface area contributed by atoms with E-state index in [-0.39, 0.29) is 0 Å². The van der Waals surface area contributed by atoms with Gasteiger partial charge in [-0.05, 0) is 75.8 Å². The molecular weight excluding hydrogens is 236 g/mol. The Kier molecular flexibility index (Phi) is 4.11. The quantitative estimate of drug-likeness (QED) is 0.818. The molecule has 108 valence electrons. The molecule has 2 N–H and O–H groups in total. The van der Waals surface area contributed by atoms with Gasteiger partial charge in [0, 0.05) is 12.5 Å². The summed E-state index contributed by atoms with van der Waals surface area (Å²) in [7, 11) is 0. The molecular formula is C16H28N2O. The first kappa shape index (κ1) is 13.4. The van der Waals surface area contributed by atoms with Crippen molar-refractivity contribution in [1.82, 2.24) is 10.6 Å². The lowest BCUT2D eigenvalue weighted by molar-refractivity contribution is -0.123. The molecule has 2 aliphatic carbocycles. The van der Waals surface area contributed by atoms with E-state index in [4.69, 9.17) is 0 Å². The van der Waals surface area contributed by atoms with Gasteiger partial charge in [-0.1, -0.05) is 6.42 Å². The Morgan fingerprint density at radius 1 is 1.21 bits per heavy atom. The molecule has 3 nitrogen and oxygen atoms in total. The molecule has 1 heterocycles. The predicted octanol–water partition coefficient (Wildman–Crippen LogP) is 2.32. The van der Waals surface area contributed by atoms with Gasteiger partial charge in [0.25, 0.3) is 0 Å². The molecule has 1 saturated heterocycles. The Morgan fingerprint density at radius 2 is 2.00 bits per heavy atom. The molecule has 3 fully saturated rings. The minimum absolute atomic E-state index is 0.309. The smallest absolute Gasteiger partial charge is 0.220 e. The number of nitrogens with one attached hydrogen (secondary N) is 2. The molecule has 4 unspecified atom stereocenters. The van der Waals surface area contributed by atoms with Crippen LogP contribution in [-0.2, 0) is 4.79 Å². The van der Waals surface area contributed by atoms with Gasteiger partial charge in [0.15, 0.2) is 0 Å². The van der Waals surface area contributed by atoms with E-state index < -0.39 is 0 Å². The van der Waals surface area contributed by atoms with Crippen molar-refractivity contribution >= 4 is 5.91 Å². The predicted molar refractivity (Wildman–Crippen MR) is 76.8 cm³/mol. The molecule has 0 spiro atoms. The largest absolute Gasteiger partial charge is 0.353 e. The number of carbonyl (C=O) groups is 1. The van der Waals surface area contributed by atoms with E-state index in [2.05, 4.69) is 17.6 Å². The van der Waals surface area contributed by atoms with Crippen LogP contribution in [0.5, 0.6) is 0 Å². The van der Waals surface area contributed by atoms with Crippen molar-refractivity contribution in [2.45, 2.75) is 57.9 Å². The molecule has 19 heavy (non-hydrogen) atoms. The van der Waals surface area contributed by atoms with Crippen LogP contribution in [0, 0.1) is 23.7 Å². The van der Waals surface area contributed by atoms with Crippen molar-refractivity contribution in [2.24, 2.45) is 23.7 Å². The average Bonchev–Trinajstić information content (AvgIpc) is 3.02. The van der Waals surface area contributed by atoms with Gasteiger partial charge >= 0.3 is 0 Å². The summed E-state index contributed by atoms with van der Waals surface area (Å²) in [5.41, 5.74) is 0. The first-order valence-electron chi connectivity index (χ1n) is 8.22. The van der Waals surface area contributed by atoms with Crippen LogP contribution >= 0.6 is 0 Å². The fraction of sp³-hybridized carbons (Fsp3) is 0.938. The van der Waals surface area contributed by atoms with E-state index in [0.29, 0.717) is 23.8 Å². The summed E-state index contributed by atoms with van der Waals surface area (Å²) < 4.78 is 0. The van der Waals surface area contributed by atoms with Crippen LogP contribution in [-0.4, -0.2) is 25.0 Å². The number of fused-ring (bicyclic) bond motifs is 2. The van der Waals surface area contributed by atoms with Crippen molar-refractivity contribution in [3.8, 4) is 0 Å². The second-order valence-corrected chi connectivity index (χ2v) is 7.08. The Labute approximate surface area is 116 Å². The number of hydrogen-bond acceptors (Lipinski definition) is 2. The highest BCUT2D eigenvalue weighted by Gasteiger charge is 2.40. The zero-order valence-corrected chi connectivity index (χ0v) is 12.2. The van der Waals surface area contributed by atoms with Gasteiger partial charge in [0.2, 0.25) is 5.91 Å². The highest BCUT2D eigenvalue weighted by atomic mass is 16.1. The third-order valence-electron chi connectivity index (χ3n) is 5.81. The molecule has 3 aliphatic rings. The summed E-state index contributed by atoms with van der Waals surface area (Å²) in [5.74, 6) is 3.49. The third-order valence-corrected chi connectivity index (χ3v) is 5.81.